The minimum absolute atomic E-state index is 0.0517. The van der Waals surface area contributed by atoms with E-state index < -0.39 is 24.0 Å². The maximum atomic E-state index is 14.0. The van der Waals surface area contributed by atoms with Gasteiger partial charge < -0.3 is 20.1 Å². The molecule has 0 fully saturated rings. The van der Waals surface area contributed by atoms with E-state index in [0.29, 0.717) is 31.4 Å². The highest BCUT2D eigenvalue weighted by Crippen LogP contribution is 2.39. The Bertz CT molecular complexity index is 1410. The lowest BCUT2D eigenvalue weighted by Crippen LogP contribution is -2.58. The third-order valence-electron chi connectivity index (χ3n) is 8.07. The first-order valence-corrected chi connectivity index (χ1v) is 13.9. The van der Waals surface area contributed by atoms with Gasteiger partial charge in [0, 0.05) is 25.9 Å². The molecule has 13 nitrogen and oxygen atoms in total. The third-order valence-corrected chi connectivity index (χ3v) is 8.07. The zero-order valence-corrected chi connectivity index (χ0v) is 23.4. The van der Waals surface area contributed by atoms with Crippen LogP contribution in [-0.2, 0) is 45.1 Å². The van der Waals surface area contributed by atoms with Gasteiger partial charge in [0.15, 0.2) is 0 Å². The van der Waals surface area contributed by atoms with Crippen molar-refractivity contribution in [1.82, 2.24) is 40.5 Å². The van der Waals surface area contributed by atoms with Gasteiger partial charge in [-0.1, -0.05) is 38.5 Å². The van der Waals surface area contributed by atoms with Gasteiger partial charge in [-0.25, -0.2) is 4.98 Å². The molecule has 0 saturated heterocycles. The van der Waals surface area contributed by atoms with Crippen molar-refractivity contribution >= 4 is 29.3 Å². The summed E-state index contributed by atoms with van der Waals surface area (Å²) in [5, 5.41) is 16.1. The first-order chi connectivity index (χ1) is 19.8. The molecule has 0 radical (unpaired) electrons. The first-order valence-electron chi connectivity index (χ1n) is 13.9. The van der Waals surface area contributed by atoms with Gasteiger partial charge >= 0.3 is 0 Å². The molecule has 5 rings (SSSR count). The van der Waals surface area contributed by atoms with Crippen LogP contribution >= 0.6 is 0 Å². The quantitative estimate of drug-likeness (QED) is 0.327. The number of nitrogens with one attached hydrogen (secondary N) is 3. The van der Waals surface area contributed by atoms with Crippen LogP contribution < -0.4 is 15.5 Å². The molecule has 4 atom stereocenters. The number of aromatic amines is 1. The van der Waals surface area contributed by atoms with Gasteiger partial charge in [-0.2, -0.15) is 15.4 Å². The van der Waals surface area contributed by atoms with Crippen LogP contribution in [0.1, 0.15) is 43.5 Å². The number of hydrogen-bond acceptors (Lipinski definition) is 7. The third kappa shape index (κ3) is 5.70. The van der Waals surface area contributed by atoms with Crippen LogP contribution in [0.5, 0.6) is 0 Å². The summed E-state index contributed by atoms with van der Waals surface area (Å²) in [7, 11) is 1.61. The summed E-state index contributed by atoms with van der Waals surface area (Å²) in [4.78, 5) is 61.2. The molecule has 216 valence electrons. The monoisotopic (exact) mass is 561 g/mol. The Hall–Kier alpha value is -4.55. The van der Waals surface area contributed by atoms with Crippen molar-refractivity contribution in [2.75, 3.05) is 11.9 Å². The SMILES string of the molecule is CC[C@H](C)[C@@H](C(=O)NC1CCc2cccc3c2N(C1=O)C(C(=O)NCc1cn[nH]n1)C3)N(C)C(=O)Cn1ccnc1. The van der Waals surface area contributed by atoms with E-state index >= 15 is 0 Å². The van der Waals surface area contributed by atoms with Crippen LogP contribution in [0.4, 0.5) is 5.69 Å². The predicted octanol–water partition coefficient (Wildman–Crippen LogP) is 0.580. The number of carbonyl (C=O) groups is 4. The number of aryl methyl sites for hydroxylation is 1. The van der Waals surface area contributed by atoms with Gasteiger partial charge in [-0.05, 0) is 29.9 Å². The second kappa shape index (κ2) is 11.9. The number of carbonyl (C=O) groups excluding carboxylic acids is 4. The van der Waals surface area contributed by atoms with Crippen LogP contribution in [0.15, 0.2) is 43.1 Å². The number of aromatic nitrogens is 5. The van der Waals surface area contributed by atoms with Gasteiger partial charge in [0.2, 0.25) is 23.6 Å². The van der Waals surface area contributed by atoms with Gasteiger partial charge in [0.1, 0.15) is 30.4 Å². The second-order valence-corrected chi connectivity index (χ2v) is 10.7. The molecule has 4 heterocycles. The number of H-pyrrole nitrogens is 1. The predicted molar refractivity (Wildman–Crippen MR) is 148 cm³/mol. The molecule has 3 N–H and O–H groups in total. The van der Waals surface area contributed by atoms with E-state index in [4.69, 9.17) is 0 Å². The Kier molecular flexibility index (Phi) is 8.13. The summed E-state index contributed by atoms with van der Waals surface area (Å²) in [6.07, 6.45) is 8.33. The highest BCUT2D eigenvalue weighted by molar-refractivity contribution is 6.08. The fourth-order valence-corrected chi connectivity index (χ4v) is 5.68. The van der Waals surface area contributed by atoms with Crippen molar-refractivity contribution in [3.8, 4) is 0 Å². The summed E-state index contributed by atoms with van der Waals surface area (Å²) in [6.45, 7) is 4.10. The summed E-state index contributed by atoms with van der Waals surface area (Å²) >= 11 is 0. The molecule has 41 heavy (non-hydrogen) atoms. The fourth-order valence-electron chi connectivity index (χ4n) is 5.68. The number of imidazole rings is 1. The number of benzene rings is 1. The van der Waals surface area contributed by atoms with Gasteiger partial charge in [0.25, 0.3) is 0 Å². The average Bonchev–Trinajstić information content (AvgIpc) is 3.73. The average molecular weight is 562 g/mol. The van der Waals surface area contributed by atoms with Gasteiger partial charge in [-0.15, -0.1) is 0 Å². The molecule has 4 amide bonds. The summed E-state index contributed by atoms with van der Waals surface area (Å²) in [6, 6.07) is 3.45. The number of amides is 4. The number of para-hydroxylation sites is 1. The van der Waals surface area contributed by atoms with E-state index in [1.807, 2.05) is 32.0 Å². The van der Waals surface area contributed by atoms with Gasteiger partial charge in [0.05, 0.1) is 24.8 Å². The van der Waals surface area contributed by atoms with E-state index in [1.165, 1.54) is 11.1 Å². The van der Waals surface area contributed by atoms with Crippen molar-refractivity contribution in [1.29, 1.82) is 0 Å². The van der Waals surface area contributed by atoms with Gasteiger partial charge in [-0.3, -0.25) is 24.1 Å². The Morgan fingerprint density at radius 1 is 1.24 bits per heavy atom. The molecule has 2 aliphatic rings. The smallest absolute Gasteiger partial charge is 0.250 e. The van der Waals surface area contributed by atoms with Crippen molar-refractivity contribution in [3.05, 3.63) is 59.9 Å². The number of likely N-dealkylation sites (N-methyl/N-ethyl adjacent to an activating group) is 1. The highest BCUT2D eigenvalue weighted by atomic mass is 16.2. The maximum absolute atomic E-state index is 14.0. The molecule has 2 unspecified atom stereocenters. The molecular weight excluding hydrogens is 526 g/mol. The summed E-state index contributed by atoms with van der Waals surface area (Å²) in [5.74, 6) is -1.43. The molecule has 2 aliphatic heterocycles. The Balaban J connectivity index is 1.35. The highest BCUT2D eigenvalue weighted by Gasteiger charge is 2.44. The van der Waals surface area contributed by atoms with Crippen molar-refractivity contribution < 1.29 is 19.2 Å². The van der Waals surface area contributed by atoms with Crippen LogP contribution in [0.3, 0.4) is 0 Å². The largest absolute Gasteiger partial charge is 0.348 e. The second-order valence-electron chi connectivity index (χ2n) is 10.7. The van der Waals surface area contributed by atoms with Crippen LogP contribution in [0, 0.1) is 5.92 Å². The van der Waals surface area contributed by atoms with E-state index in [9.17, 15) is 19.2 Å². The Morgan fingerprint density at radius 2 is 2.05 bits per heavy atom. The van der Waals surface area contributed by atoms with Crippen LogP contribution in [0.2, 0.25) is 0 Å². The molecule has 3 aromatic rings. The molecular formula is C28H35N9O4. The molecule has 2 aromatic heterocycles. The zero-order chi connectivity index (χ0) is 29.1. The van der Waals surface area contributed by atoms with Crippen molar-refractivity contribution in [2.45, 2.75) is 70.7 Å². The Morgan fingerprint density at radius 3 is 2.76 bits per heavy atom. The van der Waals surface area contributed by atoms with Crippen LogP contribution in [-0.4, -0.2) is 78.7 Å². The maximum Gasteiger partial charge on any atom is 0.250 e. The van der Waals surface area contributed by atoms with Crippen LogP contribution in [0.25, 0.3) is 0 Å². The van der Waals surface area contributed by atoms with E-state index in [2.05, 4.69) is 31.0 Å². The molecule has 0 bridgehead atoms. The number of hydrogen-bond donors (Lipinski definition) is 3. The molecule has 0 saturated carbocycles. The molecule has 13 heteroatoms. The topological polar surface area (TPSA) is 158 Å². The summed E-state index contributed by atoms with van der Waals surface area (Å²) in [5.41, 5.74) is 3.21. The lowest BCUT2D eigenvalue weighted by Gasteiger charge is -2.33. The minimum Gasteiger partial charge on any atom is -0.348 e. The van der Waals surface area contributed by atoms with E-state index in [0.717, 1.165) is 16.8 Å². The normalized spacial score (nSPS) is 19.2. The number of nitrogens with zero attached hydrogens (tertiary/aromatic N) is 6. The lowest BCUT2D eigenvalue weighted by molar-refractivity contribution is -0.142. The zero-order valence-electron chi connectivity index (χ0n) is 23.4. The minimum atomic E-state index is -0.851. The summed E-state index contributed by atoms with van der Waals surface area (Å²) < 4.78 is 1.65. The first kappa shape index (κ1) is 28.0. The fraction of sp³-hybridized carbons (Fsp3) is 0.464. The van der Waals surface area contributed by atoms with E-state index in [1.54, 1.807) is 35.2 Å². The van der Waals surface area contributed by atoms with E-state index in [-0.39, 0.29) is 36.7 Å². The number of anilines is 1. The van der Waals surface area contributed by atoms with Crippen molar-refractivity contribution in [3.63, 3.8) is 0 Å². The van der Waals surface area contributed by atoms with Crippen molar-refractivity contribution in [2.24, 2.45) is 5.92 Å². The standard InChI is InChI=1S/C28H35N9O4/c1-4-17(2)24(35(3)23(38)15-36-11-10-29-16-36)27(40)32-21-9-8-18-6-5-7-19-12-22(37(25(18)19)28(21)41)26(39)30-13-20-14-31-34-33-20/h5-7,10-11,14,16-17,21-22,24H,4,8-9,12-13,15H2,1-3H3,(H,30,39)(H,32,40)(H,31,33,34)/t17-,21?,22?,24-/m0/s1. The molecule has 0 spiro atoms. The molecule has 0 aliphatic carbocycles. The molecule has 1 aromatic carbocycles. The number of rotatable bonds is 10. The lowest BCUT2D eigenvalue weighted by atomic mass is 9.96. The Labute approximate surface area is 237 Å².